The van der Waals surface area contributed by atoms with Crippen molar-refractivity contribution >= 4 is 11.6 Å². The SMILES string of the molecule is CCn1cc(CN2CCN(C(=O)C(C)n3cc([N+](=O)[O-])cn3)CC2)c(C)n1. The summed E-state index contributed by atoms with van der Waals surface area (Å²) in [6, 6.07) is -0.560. The van der Waals surface area contributed by atoms with Gasteiger partial charge in [-0.25, -0.2) is 0 Å². The molecule has 2 aromatic rings. The van der Waals surface area contributed by atoms with Crippen LogP contribution < -0.4 is 0 Å². The molecule has 0 radical (unpaired) electrons. The van der Waals surface area contributed by atoms with Crippen LogP contribution in [0.25, 0.3) is 0 Å². The molecule has 0 bridgehead atoms. The summed E-state index contributed by atoms with van der Waals surface area (Å²) in [6.07, 6.45) is 4.55. The van der Waals surface area contributed by atoms with Gasteiger partial charge in [0.1, 0.15) is 18.4 Å². The number of nitro groups is 1. The third kappa shape index (κ3) is 4.16. The molecule has 2 aromatic heterocycles. The van der Waals surface area contributed by atoms with Gasteiger partial charge < -0.3 is 4.90 Å². The van der Waals surface area contributed by atoms with Gasteiger partial charge in [0.15, 0.2) is 0 Å². The molecule has 1 unspecified atom stereocenters. The van der Waals surface area contributed by atoms with Crippen molar-refractivity contribution in [2.45, 2.75) is 39.9 Å². The molecule has 1 aliphatic rings. The molecule has 1 aliphatic heterocycles. The molecule has 0 spiro atoms. The van der Waals surface area contributed by atoms with Gasteiger partial charge in [0.25, 0.3) is 0 Å². The van der Waals surface area contributed by atoms with Crippen molar-refractivity contribution in [3.8, 4) is 0 Å². The highest BCUT2D eigenvalue weighted by atomic mass is 16.6. The molecule has 0 aromatic carbocycles. The summed E-state index contributed by atoms with van der Waals surface area (Å²) in [5.41, 5.74) is 2.15. The maximum Gasteiger partial charge on any atom is 0.307 e. The quantitative estimate of drug-likeness (QED) is 0.556. The van der Waals surface area contributed by atoms with Crippen molar-refractivity contribution in [2.24, 2.45) is 0 Å². The van der Waals surface area contributed by atoms with Crippen LogP contribution in [0, 0.1) is 17.0 Å². The number of piperazine rings is 1. The van der Waals surface area contributed by atoms with E-state index in [4.69, 9.17) is 0 Å². The largest absolute Gasteiger partial charge is 0.338 e. The van der Waals surface area contributed by atoms with Crippen LogP contribution in [0.1, 0.15) is 31.1 Å². The Morgan fingerprint density at radius 2 is 2.00 bits per heavy atom. The third-order valence-corrected chi connectivity index (χ3v) is 5.00. The first-order chi connectivity index (χ1) is 12.9. The lowest BCUT2D eigenvalue weighted by molar-refractivity contribution is -0.385. The molecule has 3 rings (SSSR count). The van der Waals surface area contributed by atoms with Gasteiger partial charge in [-0.15, -0.1) is 0 Å². The van der Waals surface area contributed by atoms with Crippen LogP contribution in [0.5, 0.6) is 0 Å². The van der Waals surface area contributed by atoms with Crippen LogP contribution in [0.2, 0.25) is 0 Å². The predicted molar refractivity (Wildman–Crippen MR) is 98.1 cm³/mol. The van der Waals surface area contributed by atoms with E-state index in [9.17, 15) is 14.9 Å². The molecule has 3 heterocycles. The Bertz CT molecular complexity index is 820. The topological polar surface area (TPSA) is 102 Å². The van der Waals surface area contributed by atoms with E-state index in [-0.39, 0.29) is 11.6 Å². The molecular formula is C17H25N7O3. The molecule has 1 saturated heterocycles. The van der Waals surface area contributed by atoms with E-state index in [0.29, 0.717) is 13.1 Å². The molecule has 1 atom stereocenters. The Morgan fingerprint density at radius 1 is 1.30 bits per heavy atom. The number of nitrogens with zero attached hydrogens (tertiary/aromatic N) is 7. The molecule has 146 valence electrons. The number of carbonyl (C=O) groups is 1. The predicted octanol–water partition coefficient (Wildman–Crippen LogP) is 1.22. The zero-order chi connectivity index (χ0) is 19.6. The van der Waals surface area contributed by atoms with Crippen LogP contribution in [0.4, 0.5) is 5.69 Å². The molecule has 10 heteroatoms. The average molecular weight is 375 g/mol. The van der Waals surface area contributed by atoms with Gasteiger partial charge in [-0.3, -0.25) is 29.2 Å². The van der Waals surface area contributed by atoms with Gasteiger partial charge >= 0.3 is 5.69 Å². The first kappa shape index (κ1) is 19.0. The number of aromatic nitrogens is 4. The molecule has 0 aliphatic carbocycles. The van der Waals surface area contributed by atoms with Crippen LogP contribution in [0.15, 0.2) is 18.6 Å². The molecule has 1 fully saturated rings. The zero-order valence-electron chi connectivity index (χ0n) is 15.9. The van der Waals surface area contributed by atoms with Crippen LogP contribution in [-0.2, 0) is 17.9 Å². The summed E-state index contributed by atoms with van der Waals surface area (Å²) >= 11 is 0. The summed E-state index contributed by atoms with van der Waals surface area (Å²) in [7, 11) is 0. The Labute approximate surface area is 157 Å². The summed E-state index contributed by atoms with van der Waals surface area (Å²) in [4.78, 5) is 27.1. The minimum atomic E-state index is -0.560. The normalized spacial score (nSPS) is 16.5. The fourth-order valence-corrected chi connectivity index (χ4v) is 3.26. The van der Waals surface area contributed by atoms with Crippen molar-refractivity contribution in [3.63, 3.8) is 0 Å². The minimum absolute atomic E-state index is 0.0670. The van der Waals surface area contributed by atoms with E-state index < -0.39 is 11.0 Å². The second-order valence-electron chi connectivity index (χ2n) is 6.81. The van der Waals surface area contributed by atoms with Crippen molar-refractivity contribution in [3.05, 3.63) is 40.0 Å². The number of carbonyl (C=O) groups excluding carboxylic acids is 1. The highest BCUT2D eigenvalue weighted by Gasteiger charge is 2.27. The van der Waals surface area contributed by atoms with Crippen molar-refractivity contribution < 1.29 is 9.72 Å². The molecule has 1 amide bonds. The first-order valence-electron chi connectivity index (χ1n) is 9.11. The molecule has 0 N–H and O–H groups in total. The fourth-order valence-electron chi connectivity index (χ4n) is 3.26. The molecular weight excluding hydrogens is 350 g/mol. The average Bonchev–Trinajstić information content (AvgIpc) is 3.28. The lowest BCUT2D eigenvalue weighted by atomic mass is 10.2. The van der Waals surface area contributed by atoms with E-state index in [1.54, 1.807) is 11.8 Å². The number of aryl methyl sites for hydroxylation is 2. The first-order valence-corrected chi connectivity index (χ1v) is 9.11. The third-order valence-electron chi connectivity index (χ3n) is 5.00. The van der Waals surface area contributed by atoms with E-state index >= 15 is 0 Å². The summed E-state index contributed by atoms with van der Waals surface area (Å²) in [5, 5.41) is 19.2. The fraction of sp³-hybridized carbons (Fsp3) is 0.588. The second-order valence-corrected chi connectivity index (χ2v) is 6.81. The monoisotopic (exact) mass is 375 g/mol. The second kappa shape index (κ2) is 7.87. The maximum atomic E-state index is 12.7. The number of amides is 1. The lowest BCUT2D eigenvalue weighted by Gasteiger charge is -2.35. The van der Waals surface area contributed by atoms with E-state index in [0.717, 1.165) is 31.9 Å². The van der Waals surface area contributed by atoms with Gasteiger partial charge in [0.2, 0.25) is 5.91 Å². The molecule has 27 heavy (non-hydrogen) atoms. The van der Waals surface area contributed by atoms with E-state index in [1.165, 1.54) is 22.6 Å². The van der Waals surface area contributed by atoms with Crippen molar-refractivity contribution in [1.82, 2.24) is 29.4 Å². The number of hydrogen-bond donors (Lipinski definition) is 0. The summed E-state index contributed by atoms with van der Waals surface area (Å²) in [6.45, 7) is 10.3. The van der Waals surface area contributed by atoms with Gasteiger partial charge in [0.05, 0.1) is 10.6 Å². The minimum Gasteiger partial charge on any atom is -0.338 e. The summed E-state index contributed by atoms with van der Waals surface area (Å²) < 4.78 is 3.30. The Balaban J connectivity index is 1.55. The highest BCUT2D eigenvalue weighted by molar-refractivity contribution is 5.80. The van der Waals surface area contributed by atoms with Crippen molar-refractivity contribution in [2.75, 3.05) is 26.2 Å². The van der Waals surface area contributed by atoms with Crippen LogP contribution in [-0.4, -0.2) is 66.4 Å². The van der Waals surface area contributed by atoms with Gasteiger partial charge in [-0.2, -0.15) is 10.2 Å². The van der Waals surface area contributed by atoms with Crippen LogP contribution >= 0.6 is 0 Å². The molecule has 10 nitrogen and oxygen atoms in total. The number of rotatable bonds is 6. The van der Waals surface area contributed by atoms with Gasteiger partial charge in [-0.05, 0) is 20.8 Å². The Kier molecular flexibility index (Phi) is 5.54. The standard InChI is InChI=1S/C17H25N7O3/c1-4-22-11-15(13(2)19-22)10-20-5-7-21(8-6-20)17(25)14(3)23-12-16(9-18-23)24(26)27/h9,11-12,14H,4-8,10H2,1-3H3. The highest BCUT2D eigenvalue weighted by Crippen LogP contribution is 2.17. The van der Waals surface area contributed by atoms with E-state index in [1.807, 2.05) is 11.6 Å². The Hall–Kier alpha value is -2.75. The molecule has 0 saturated carbocycles. The maximum absolute atomic E-state index is 12.7. The van der Waals surface area contributed by atoms with E-state index in [2.05, 4.69) is 28.2 Å². The van der Waals surface area contributed by atoms with Gasteiger partial charge in [0, 0.05) is 51.0 Å². The lowest BCUT2D eigenvalue weighted by Crippen LogP contribution is -2.50. The van der Waals surface area contributed by atoms with Crippen LogP contribution in [0.3, 0.4) is 0 Å². The summed E-state index contributed by atoms with van der Waals surface area (Å²) in [5.74, 6) is -0.0670. The Morgan fingerprint density at radius 3 is 2.56 bits per heavy atom. The van der Waals surface area contributed by atoms with Crippen molar-refractivity contribution in [1.29, 1.82) is 0 Å². The number of hydrogen-bond acceptors (Lipinski definition) is 6. The smallest absolute Gasteiger partial charge is 0.307 e. The zero-order valence-corrected chi connectivity index (χ0v) is 15.9. The van der Waals surface area contributed by atoms with Gasteiger partial charge in [-0.1, -0.05) is 0 Å².